The topological polar surface area (TPSA) is 102 Å². The van der Waals surface area contributed by atoms with Gasteiger partial charge < -0.3 is 10.2 Å². The van der Waals surface area contributed by atoms with E-state index in [1.807, 2.05) is 36.1 Å². The van der Waals surface area contributed by atoms with E-state index in [9.17, 15) is 19.2 Å². The highest BCUT2D eigenvalue weighted by atomic mass is 16.2. The van der Waals surface area contributed by atoms with Crippen molar-refractivity contribution in [3.63, 3.8) is 0 Å². The third kappa shape index (κ3) is 5.19. The predicted molar refractivity (Wildman–Crippen MR) is 122 cm³/mol. The Kier molecular flexibility index (Phi) is 6.97. The fourth-order valence-electron chi connectivity index (χ4n) is 4.96. The normalized spacial score (nSPS) is 20.8. The first-order valence-electron chi connectivity index (χ1n) is 11.9. The maximum absolute atomic E-state index is 12.8. The van der Waals surface area contributed by atoms with Crippen LogP contribution in [-0.4, -0.2) is 76.8 Å². The molecular weight excluding hydrogens is 422 g/mol. The number of amides is 5. The van der Waals surface area contributed by atoms with Gasteiger partial charge in [0.25, 0.3) is 5.91 Å². The highest BCUT2D eigenvalue weighted by Crippen LogP contribution is 2.33. The Balaban J connectivity index is 1.19. The van der Waals surface area contributed by atoms with Crippen LogP contribution < -0.4 is 10.7 Å². The molecule has 3 fully saturated rings. The zero-order valence-corrected chi connectivity index (χ0v) is 19.3. The molecule has 1 spiro atoms. The van der Waals surface area contributed by atoms with Crippen molar-refractivity contribution in [3.05, 3.63) is 35.4 Å². The van der Waals surface area contributed by atoms with Gasteiger partial charge in [-0.05, 0) is 30.9 Å². The van der Waals surface area contributed by atoms with E-state index in [1.54, 1.807) is 0 Å². The smallest absolute Gasteiger partial charge is 0.340 e. The Morgan fingerprint density at radius 1 is 1.03 bits per heavy atom. The van der Waals surface area contributed by atoms with Crippen LogP contribution in [0.25, 0.3) is 0 Å². The van der Waals surface area contributed by atoms with E-state index in [2.05, 4.69) is 15.6 Å². The van der Waals surface area contributed by atoms with Gasteiger partial charge in [0.1, 0.15) is 5.54 Å². The van der Waals surface area contributed by atoms with Crippen molar-refractivity contribution >= 4 is 23.8 Å². The molecule has 9 nitrogen and oxygen atoms in total. The third-order valence-corrected chi connectivity index (χ3v) is 7.09. The van der Waals surface area contributed by atoms with E-state index in [1.165, 1.54) is 0 Å². The number of imide groups is 1. The lowest BCUT2D eigenvalue weighted by Gasteiger charge is -2.34. The zero-order valence-electron chi connectivity index (χ0n) is 19.3. The number of piperazine rings is 1. The Labute approximate surface area is 194 Å². The molecule has 1 aromatic rings. The Morgan fingerprint density at radius 2 is 1.73 bits per heavy atom. The number of aryl methyl sites for hydroxylation is 1. The van der Waals surface area contributed by atoms with Crippen LogP contribution in [0.15, 0.2) is 24.3 Å². The molecule has 2 heterocycles. The fraction of sp³-hybridized carbons (Fsp3) is 0.583. The summed E-state index contributed by atoms with van der Waals surface area (Å²) in [6, 6.07) is 7.38. The number of hydrogen-bond donors (Lipinski definition) is 2. The average molecular weight is 456 g/mol. The Morgan fingerprint density at radius 3 is 2.42 bits per heavy atom. The molecule has 178 valence electrons. The number of nitrogens with zero attached hydrogens (tertiary/aromatic N) is 3. The lowest BCUT2D eigenvalue weighted by atomic mass is 9.82. The molecule has 0 bridgehead atoms. The van der Waals surface area contributed by atoms with Gasteiger partial charge in [-0.25, -0.2) is 4.79 Å². The van der Waals surface area contributed by atoms with Crippen LogP contribution in [-0.2, 0) is 20.8 Å². The minimum Gasteiger partial charge on any atom is -0.340 e. The summed E-state index contributed by atoms with van der Waals surface area (Å²) in [5.41, 5.74) is 3.82. The number of urea groups is 1. The summed E-state index contributed by atoms with van der Waals surface area (Å²) in [6.07, 6.45) is 4.68. The maximum Gasteiger partial charge on any atom is 0.344 e. The molecule has 1 saturated carbocycles. The van der Waals surface area contributed by atoms with Gasteiger partial charge in [-0.3, -0.25) is 24.7 Å². The van der Waals surface area contributed by atoms with Crippen LogP contribution in [0.2, 0.25) is 0 Å². The second kappa shape index (κ2) is 9.91. The van der Waals surface area contributed by atoms with Crippen LogP contribution in [0.3, 0.4) is 0 Å². The van der Waals surface area contributed by atoms with Gasteiger partial charge in [0.2, 0.25) is 11.8 Å². The van der Waals surface area contributed by atoms with E-state index in [4.69, 9.17) is 0 Å². The number of carbonyl (C=O) groups is 4. The fourth-order valence-corrected chi connectivity index (χ4v) is 4.96. The first-order valence-corrected chi connectivity index (χ1v) is 11.9. The van der Waals surface area contributed by atoms with Crippen LogP contribution in [0.4, 0.5) is 4.79 Å². The van der Waals surface area contributed by atoms with E-state index >= 15 is 0 Å². The predicted octanol–water partition coefficient (Wildman–Crippen LogP) is 1.36. The second-order valence-corrected chi connectivity index (χ2v) is 9.32. The summed E-state index contributed by atoms with van der Waals surface area (Å²) in [6.45, 7) is 5.17. The lowest BCUT2D eigenvalue weighted by Crippen LogP contribution is -2.52. The number of nitrogens with one attached hydrogen (secondary N) is 2. The number of benzene rings is 1. The highest BCUT2D eigenvalue weighted by molar-refractivity contribution is 6.08. The molecule has 0 atom stereocenters. The lowest BCUT2D eigenvalue weighted by molar-refractivity contribution is -0.140. The van der Waals surface area contributed by atoms with Crippen LogP contribution in [0, 0.1) is 6.92 Å². The first kappa shape index (κ1) is 23.2. The summed E-state index contributed by atoms with van der Waals surface area (Å²) in [5.74, 6) is -0.581. The summed E-state index contributed by atoms with van der Waals surface area (Å²) in [4.78, 5) is 54.1. The number of rotatable bonds is 6. The van der Waals surface area contributed by atoms with Crippen molar-refractivity contribution in [2.75, 3.05) is 32.7 Å². The van der Waals surface area contributed by atoms with Crippen molar-refractivity contribution in [3.8, 4) is 0 Å². The molecule has 0 unspecified atom stereocenters. The Hall–Kier alpha value is -2.94. The van der Waals surface area contributed by atoms with Gasteiger partial charge in [-0.2, -0.15) is 5.01 Å². The number of hydrogen-bond acceptors (Lipinski definition) is 5. The largest absolute Gasteiger partial charge is 0.344 e. The quantitative estimate of drug-likeness (QED) is 0.631. The number of hydrazine groups is 1. The van der Waals surface area contributed by atoms with E-state index in [-0.39, 0.29) is 24.1 Å². The first-order chi connectivity index (χ1) is 15.9. The van der Waals surface area contributed by atoms with Gasteiger partial charge in [-0.1, -0.05) is 43.5 Å². The molecule has 4 rings (SSSR count). The molecule has 1 aliphatic carbocycles. The molecule has 0 aromatic heterocycles. The Bertz CT molecular complexity index is 919. The maximum atomic E-state index is 12.8. The molecule has 2 N–H and O–H groups in total. The van der Waals surface area contributed by atoms with Crippen LogP contribution in [0.1, 0.15) is 49.7 Å². The van der Waals surface area contributed by atoms with Crippen LogP contribution in [0.5, 0.6) is 0 Å². The molecule has 0 radical (unpaired) electrons. The summed E-state index contributed by atoms with van der Waals surface area (Å²) in [5, 5.41) is 3.65. The monoisotopic (exact) mass is 455 g/mol. The molecule has 33 heavy (non-hydrogen) atoms. The minimum atomic E-state index is -0.843. The van der Waals surface area contributed by atoms with Gasteiger partial charge >= 0.3 is 6.03 Å². The van der Waals surface area contributed by atoms with Crippen molar-refractivity contribution < 1.29 is 19.2 Å². The van der Waals surface area contributed by atoms with Crippen LogP contribution >= 0.6 is 0 Å². The summed E-state index contributed by atoms with van der Waals surface area (Å²) in [7, 11) is 0. The van der Waals surface area contributed by atoms with Crippen molar-refractivity contribution in [2.24, 2.45) is 0 Å². The molecule has 3 aliphatic rings. The van der Waals surface area contributed by atoms with Gasteiger partial charge in [0, 0.05) is 39.1 Å². The van der Waals surface area contributed by atoms with Crippen molar-refractivity contribution in [1.29, 1.82) is 0 Å². The van der Waals surface area contributed by atoms with Crippen molar-refractivity contribution in [1.82, 2.24) is 25.6 Å². The van der Waals surface area contributed by atoms with Crippen molar-refractivity contribution in [2.45, 2.75) is 57.4 Å². The number of carbonyl (C=O) groups excluding carboxylic acids is 4. The van der Waals surface area contributed by atoms with Gasteiger partial charge in [0.05, 0.1) is 6.42 Å². The molecule has 2 saturated heterocycles. The SMILES string of the molecule is Cc1ccccc1CC(=O)N1CCN(CCC(=O)NN2C(=O)NC3(CCCCC3)C2=O)CC1. The van der Waals surface area contributed by atoms with Gasteiger partial charge in [-0.15, -0.1) is 0 Å². The van der Waals surface area contributed by atoms with Gasteiger partial charge in [0.15, 0.2) is 0 Å². The summed E-state index contributed by atoms with van der Waals surface area (Å²) < 4.78 is 0. The molecule has 5 amide bonds. The average Bonchev–Trinajstić information content (AvgIpc) is 3.03. The molecule has 2 aliphatic heterocycles. The third-order valence-electron chi connectivity index (χ3n) is 7.09. The molecule has 1 aromatic carbocycles. The minimum absolute atomic E-state index is 0.122. The van der Waals surface area contributed by atoms with E-state index in [0.717, 1.165) is 35.4 Å². The standard InChI is InChI=1S/C24H33N5O4/c1-18-7-3-4-8-19(18)17-21(31)28-15-13-27(14-16-28)12-9-20(30)26-29-22(32)24(25-23(29)33)10-5-2-6-11-24/h3-4,7-8H,2,5-6,9-17H2,1H3,(H,25,33)(H,26,30). The molecular formula is C24H33N5O4. The summed E-state index contributed by atoms with van der Waals surface area (Å²) >= 11 is 0. The second-order valence-electron chi connectivity index (χ2n) is 9.32. The molecule has 9 heteroatoms. The highest BCUT2D eigenvalue weighted by Gasteiger charge is 2.52. The zero-order chi connectivity index (χ0) is 23.4. The van der Waals surface area contributed by atoms with E-state index in [0.29, 0.717) is 52.0 Å². The van der Waals surface area contributed by atoms with E-state index < -0.39 is 11.6 Å².